The molecular weight excluding hydrogens is 300 g/mol. The van der Waals surface area contributed by atoms with Crippen LogP contribution in [0.4, 0.5) is 10.8 Å². The Morgan fingerprint density at radius 1 is 1.40 bits per heavy atom. The Kier molecular flexibility index (Phi) is 4.33. The molecule has 20 heavy (non-hydrogen) atoms. The second kappa shape index (κ2) is 5.83. The Labute approximate surface area is 120 Å². The first-order valence-electron chi connectivity index (χ1n) is 5.66. The quantitative estimate of drug-likeness (QED) is 0.868. The van der Waals surface area contributed by atoms with Gasteiger partial charge in [0.1, 0.15) is 11.1 Å². The van der Waals surface area contributed by atoms with Gasteiger partial charge in [0.05, 0.1) is 4.90 Å². The van der Waals surface area contributed by atoms with Crippen molar-refractivity contribution < 1.29 is 13.2 Å². The topological polar surface area (TPSA) is 107 Å². The number of hydrogen-bond donors (Lipinski definition) is 2. The molecule has 0 saturated carbocycles. The number of nitrogens with one attached hydrogen (secondary N) is 1. The predicted octanol–water partition coefficient (Wildman–Crippen LogP) is 1.64. The van der Waals surface area contributed by atoms with Crippen molar-refractivity contribution in [1.29, 1.82) is 0 Å². The lowest BCUT2D eigenvalue weighted by Crippen LogP contribution is -2.12. The van der Waals surface area contributed by atoms with Gasteiger partial charge in [0.2, 0.25) is 15.2 Å². The summed E-state index contributed by atoms with van der Waals surface area (Å²) in [7, 11) is -2.13. The van der Waals surface area contributed by atoms with Crippen molar-refractivity contribution in [3.05, 3.63) is 29.3 Å². The van der Waals surface area contributed by atoms with Crippen LogP contribution in [0.25, 0.3) is 0 Å². The lowest BCUT2D eigenvalue weighted by molar-refractivity contribution is 0.118. The fourth-order valence-corrected chi connectivity index (χ4v) is 2.78. The third-order valence-corrected chi connectivity index (χ3v) is 4.47. The maximum atomic E-state index is 11.3. The second-order valence-corrected chi connectivity index (χ2v) is 6.59. The van der Waals surface area contributed by atoms with E-state index in [1.54, 1.807) is 19.2 Å². The van der Waals surface area contributed by atoms with Gasteiger partial charge >= 0.3 is 0 Å². The molecule has 9 heteroatoms. The Bertz CT molecular complexity index is 699. The van der Waals surface area contributed by atoms with Gasteiger partial charge < -0.3 is 10.1 Å². The van der Waals surface area contributed by atoms with E-state index in [0.717, 1.165) is 5.01 Å². The molecule has 1 aromatic heterocycles. The number of ether oxygens (including phenoxy) is 1. The molecule has 0 spiro atoms. The average molecular weight is 314 g/mol. The fraction of sp³-hybridized carbons (Fsp3) is 0.273. The highest BCUT2D eigenvalue weighted by molar-refractivity contribution is 7.89. The average Bonchev–Trinajstić information content (AvgIpc) is 2.85. The Morgan fingerprint density at radius 2 is 2.15 bits per heavy atom. The van der Waals surface area contributed by atoms with Crippen LogP contribution in [0.1, 0.15) is 18.0 Å². The molecule has 0 bridgehead atoms. The SMILES string of the molecule is COC(C)c1nnc(Nc2cccc(S(N)(=O)=O)c2)s1. The summed E-state index contributed by atoms with van der Waals surface area (Å²) in [6, 6.07) is 6.19. The van der Waals surface area contributed by atoms with Crippen LogP contribution in [0.2, 0.25) is 0 Å². The van der Waals surface area contributed by atoms with Crippen LogP contribution in [-0.4, -0.2) is 25.7 Å². The third kappa shape index (κ3) is 3.51. The number of anilines is 2. The minimum Gasteiger partial charge on any atom is -0.374 e. The number of hydrogen-bond acceptors (Lipinski definition) is 7. The summed E-state index contributed by atoms with van der Waals surface area (Å²) in [4.78, 5) is 0.0394. The summed E-state index contributed by atoms with van der Waals surface area (Å²) in [5, 5.41) is 17.3. The van der Waals surface area contributed by atoms with Crippen LogP contribution in [-0.2, 0) is 14.8 Å². The molecule has 1 unspecified atom stereocenters. The molecule has 0 aliphatic rings. The smallest absolute Gasteiger partial charge is 0.238 e. The van der Waals surface area contributed by atoms with Crippen molar-refractivity contribution in [2.45, 2.75) is 17.9 Å². The van der Waals surface area contributed by atoms with Gasteiger partial charge in [-0.15, -0.1) is 10.2 Å². The van der Waals surface area contributed by atoms with E-state index in [2.05, 4.69) is 15.5 Å². The maximum Gasteiger partial charge on any atom is 0.238 e. The zero-order valence-electron chi connectivity index (χ0n) is 10.9. The van der Waals surface area contributed by atoms with E-state index in [1.807, 2.05) is 6.92 Å². The molecule has 1 aromatic carbocycles. The van der Waals surface area contributed by atoms with Gasteiger partial charge in [0.15, 0.2) is 0 Å². The van der Waals surface area contributed by atoms with Gasteiger partial charge in [-0.3, -0.25) is 0 Å². The minimum atomic E-state index is -3.72. The van der Waals surface area contributed by atoms with Crippen LogP contribution in [0.5, 0.6) is 0 Å². The van der Waals surface area contributed by atoms with Gasteiger partial charge in [-0.05, 0) is 25.1 Å². The summed E-state index contributed by atoms with van der Waals surface area (Å²) in [5.74, 6) is 0. The summed E-state index contributed by atoms with van der Waals surface area (Å²) in [6.45, 7) is 1.87. The van der Waals surface area contributed by atoms with Crippen molar-refractivity contribution in [2.75, 3.05) is 12.4 Å². The highest BCUT2D eigenvalue weighted by Gasteiger charge is 2.12. The molecular formula is C11H14N4O3S2. The lowest BCUT2D eigenvalue weighted by Gasteiger charge is -2.04. The number of rotatable bonds is 5. The van der Waals surface area contributed by atoms with Crippen molar-refractivity contribution in [3.63, 3.8) is 0 Å². The van der Waals surface area contributed by atoms with Gasteiger partial charge in [-0.25, -0.2) is 13.6 Å². The van der Waals surface area contributed by atoms with Crippen LogP contribution in [0, 0.1) is 0 Å². The molecule has 108 valence electrons. The molecule has 3 N–H and O–H groups in total. The van der Waals surface area contributed by atoms with E-state index in [4.69, 9.17) is 9.88 Å². The number of nitrogens with zero attached hydrogens (tertiary/aromatic N) is 2. The highest BCUT2D eigenvalue weighted by Crippen LogP contribution is 2.26. The molecule has 2 aromatic rings. The van der Waals surface area contributed by atoms with Crippen LogP contribution in [0.15, 0.2) is 29.2 Å². The number of benzene rings is 1. The molecule has 1 atom stereocenters. The van der Waals surface area contributed by atoms with E-state index in [1.165, 1.54) is 23.5 Å². The van der Waals surface area contributed by atoms with Crippen LogP contribution < -0.4 is 10.5 Å². The molecule has 2 rings (SSSR count). The first-order chi connectivity index (χ1) is 9.40. The molecule has 0 amide bonds. The molecule has 1 heterocycles. The van der Waals surface area contributed by atoms with E-state index in [0.29, 0.717) is 10.8 Å². The summed E-state index contributed by atoms with van der Waals surface area (Å²) >= 11 is 1.33. The normalized spacial score (nSPS) is 13.2. The zero-order chi connectivity index (χ0) is 14.8. The predicted molar refractivity (Wildman–Crippen MR) is 76.4 cm³/mol. The largest absolute Gasteiger partial charge is 0.374 e. The van der Waals surface area contributed by atoms with Gasteiger partial charge in [-0.2, -0.15) is 0 Å². The van der Waals surface area contributed by atoms with Gasteiger partial charge in [-0.1, -0.05) is 17.4 Å². The molecule has 0 radical (unpaired) electrons. The first-order valence-corrected chi connectivity index (χ1v) is 8.02. The molecule has 0 fully saturated rings. The van der Waals surface area contributed by atoms with E-state index >= 15 is 0 Å². The highest BCUT2D eigenvalue weighted by atomic mass is 32.2. The van der Waals surface area contributed by atoms with Gasteiger partial charge in [0.25, 0.3) is 0 Å². The summed E-state index contributed by atoms with van der Waals surface area (Å²) in [5.41, 5.74) is 0.573. The first kappa shape index (κ1) is 14.9. The standard InChI is InChI=1S/C11H14N4O3S2/c1-7(18-2)10-14-15-11(19-10)13-8-4-3-5-9(6-8)20(12,16)17/h3-7H,1-2H3,(H,13,15)(H2,12,16,17). The van der Waals surface area contributed by atoms with Crippen molar-refractivity contribution in [1.82, 2.24) is 10.2 Å². The van der Waals surface area contributed by atoms with Crippen LogP contribution in [0.3, 0.4) is 0 Å². The van der Waals surface area contributed by atoms with Crippen molar-refractivity contribution in [2.24, 2.45) is 5.14 Å². The Hall–Kier alpha value is -1.55. The molecule has 0 saturated heterocycles. The summed E-state index contributed by atoms with van der Waals surface area (Å²) in [6.07, 6.45) is -0.140. The number of aromatic nitrogens is 2. The van der Waals surface area contributed by atoms with E-state index < -0.39 is 10.0 Å². The Morgan fingerprint density at radius 3 is 2.80 bits per heavy atom. The lowest BCUT2D eigenvalue weighted by atomic mass is 10.3. The molecule has 0 aliphatic heterocycles. The summed E-state index contributed by atoms with van der Waals surface area (Å²) < 4.78 is 27.7. The number of sulfonamides is 1. The van der Waals surface area contributed by atoms with Crippen molar-refractivity contribution in [3.8, 4) is 0 Å². The third-order valence-electron chi connectivity index (χ3n) is 2.56. The molecule has 0 aliphatic carbocycles. The number of methoxy groups -OCH3 is 1. The number of primary sulfonamides is 1. The van der Waals surface area contributed by atoms with Crippen molar-refractivity contribution >= 4 is 32.2 Å². The van der Waals surface area contributed by atoms with E-state index in [-0.39, 0.29) is 11.0 Å². The molecule has 7 nitrogen and oxygen atoms in total. The van der Waals surface area contributed by atoms with Gasteiger partial charge in [0, 0.05) is 12.8 Å². The van der Waals surface area contributed by atoms with Crippen LogP contribution >= 0.6 is 11.3 Å². The maximum absolute atomic E-state index is 11.3. The zero-order valence-corrected chi connectivity index (χ0v) is 12.5. The van der Waals surface area contributed by atoms with E-state index in [9.17, 15) is 8.42 Å². The number of nitrogens with two attached hydrogens (primary N) is 1. The fourth-order valence-electron chi connectivity index (χ4n) is 1.42. The minimum absolute atomic E-state index is 0.0394. The Balaban J connectivity index is 2.20. The second-order valence-electron chi connectivity index (χ2n) is 4.02. The monoisotopic (exact) mass is 314 g/mol.